The second kappa shape index (κ2) is 15.2. The number of halogens is 1. The molecule has 0 aliphatic carbocycles. The van der Waals surface area contributed by atoms with Crippen LogP contribution in [0.5, 0.6) is 0 Å². The first kappa shape index (κ1) is 30.2. The van der Waals surface area contributed by atoms with E-state index >= 15 is 0 Å². The molecule has 198 valence electrons. The van der Waals surface area contributed by atoms with Crippen LogP contribution in [0.2, 0.25) is 0 Å². The van der Waals surface area contributed by atoms with Gasteiger partial charge in [0.05, 0.1) is 22.9 Å². The van der Waals surface area contributed by atoms with E-state index in [0.29, 0.717) is 33.2 Å². The summed E-state index contributed by atoms with van der Waals surface area (Å²) in [4.78, 5) is 0. The minimum atomic E-state index is -3.63. The Morgan fingerprint density at radius 3 is 1.66 bits per heavy atom. The van der Waals surface area contributed by atoms with Crippen LogP contribution < -0.4 is 9.44 Å². The van der Waals surface area contributed by atoms with Crippen molar-refractivity contribution in [3.8, 4) is 0 Å². The third kappa shape index (κ3) is 10.8. The maximum absolute atomic E-state index is 13.0. The van der Waals surface area contributed by atoms with Crippen molar-refractivity contribution in [1.82, 2.24) is 0 Å². The molecule has 0 spiro atoms. The Kier molecular flexibility index (Phi) is 13.1. The molecule has 0 heterocycles. The molecule has 0 saturated carbocycles. The molecule has 2 aromatic carbocycles. The maximum Gasteiger partial charge on any atom is 0.232 e. The molecule has 0 unspecified atom stereocenters. The summed E-state index contributed by atoms with van der Waals surface area (Å²) >= 11 is 2.07. The van der Waals surface area contributed by atoms with Gasteiger partial charge in [-0.1, -0.05) is 102 Å². The first-order valence-electron chi connectivity index (χ1n) is 12.9. The molecular formula is C26H41IN2O4S2. The number of fused-ring (bicyclic) bond motifs is 1. The summed E-state index contributed by atoms with van der Waals surface area (Å²) in [6.07, 6.45) is 11.8. The van der Waals surface area contributed by atoms with E-state index in [1.165, 1.54) is 12.8 Å². The lowest BCUT2D eigenvalue weighted by Crippen LogP contribution is -2.22. The topological polar surface area (TPSA) is 92.3 Å². The lowest BCUT2D eigenvalue weighted by Gasteiger charge is -2.19. The van der Waals surface area contributed by atoms with Gasteiger partial charge in [-0.25, -0.2) is 16.8 Å². The summed E-state index contributed by atoms with van der Waals surface area (Å²) in [6.45, 7) is 4.30. The van der Waals surface area contributed by atoms with E-state index in [9.17, 15) is 16.8 Å². The van der Waals surface area contributed by atoms with Gasteiger partial charge in [-0.3, -0.25) is 9.44 Å². The van der Waals surface area contributed by atoms with Crippen molar-refractivity contribution < 1.29 is 16.8 Å². The Hall–Kier alpha value is -1.07. The number of sulfonamides is 2. The Balaban J connectivity index is 2.19. The highest BCUT2D eigenvalue weighted by molar-refractivity contribution is 14.1. The minimum Gasteiger partial charge on any atom is -0.281 e. The molecule has 9 heteroatoms. The number of hydrogen-bond donors (Lipinski definition) is 2. The SMILES string of the molecule is CCCCCCCCS(=O)(=O)Nc1c(I)cc2ccccc2c1NS(=O)(=O)CCCCCCCC. The van der Waals surface area contributed by atoms with Gasteiger partial charge in [-0.2, -0.15) is 0 Å². The van der Waals surface area contributed by atoms with Crippen molar-refractivity contribution in [1.29, 1.82) is 0 Å². The number of benzene rings is 2. The van der Waals surface area contributed by atoms with Crippen molar-refractivity contribution in [2.75, 3.05) is 20.9 Å². The molecule has 2 rings (SSSR count). The fourth-order valence-corrected chi connectivity index (χ4v) is 7.42. The van der Waals surface area contributed by atoms with Crippen LogP contribution >= 0.6 is 22.6 Å². The van der Waals surface area contributed by atoms with E-state index in [0.717, 1.165) is 56.8 Å². The third-order valence-corrected chi connectivity index (χ3v) is 9.58. The minimum absolute atomic E-state index is 0.0167. The van der Waals surface area contributed by atoms with Gasteiger partial charge in [0.1, 0.15) is 0 Å². The largest absolute Gasteiger partial charge is 0.281 e. The maximum atomic E-state index is 13.0. The highest BCUT2D eigenvalue weighted by atomic mass is 127. The third-order valence-electron chi connectivity index (χ3n) is 6.05. The Labute approximate surface area is 226 Å². The monoisotopic (exact) mass is 636 g/mol. The molecular weight excluding hydrogens is 595 g/mol. The average Bonchev–Trinajstić information content (AvgIpc) is 2.80. The zero-order chi connectivity index (χ0) is 25.7. The smallest absolute Gasteiger partial charge is 0.232 e. The van der Waals surface area contributed by atoms with Crippen LogP contribution in [-0.4, -0.2) is 28.3 Å². The molecule has 0 amide bonds. The molecule has 2 aromatic rings. The first-order chi connectivity index (χ1) is 16.7. The van der Waals surface area contributed by atoms with Gasteiger partial charge < -0.3 is 0 Å². The normalized spacial score (nSPS) is 12.2. The van der Waals surface area contributed by atoms with Crippen molar-refractivity contribution >= 4 is 64.8 Å². The molecule has 0 bridgehead atoms. The highest BCUT2D eigenvalue weighted by Gasteiger charge is 2.21. The molecule has 0 fully saturated rings. The molecule has 6 nitrogen and oxygen atoms in total. The molecule has 0 aliphatic heterocycles. The zero-order valence-corrected chi connectivity index (χ0v) is 24.9. The van der Waals surface area contributed by atoms with Gasteiger partial charge in [-0.05, 0) is 46.9 Å². The summed E-state index contributed by atoms with van der Waals surface area (Å²) < 4.78 is 57.8. The zero-order valence-electron chi connectivity index (χ0n) is 21.1. The molecule has 0 aromatic heterocycles. The van der Waals surface area contributed by atoms with Crippen LogP contribution in [0.15, 0.2) is 30.3 Å². The molecule has 0 saturated heterocycles. The first-order valence-corrected chi connectivity index (χ1v) is 17.3. The number of nitrogens with one attached hydrogen (secondary N) is 2. The fraction of sp³-hybridized carbons (Fsp3) is 0.615. The van der Waals surface area contributed by atoms with Gasteiger partial charge >= 0.3 is 0 Å². The lowest BCUT2D eigenvalue weighted by atomic mass is 10.1. The summed E-state index contributed by atoms with van der Waals surface area (Å²) in [5.74, 6) is 0.0366. The number of rotatable bonds is 18. The van der Waals surface area contributed by atoms with E-state index in [1.807, 2.05) is 30.3 Å². The second-order valence-corrected chi connectivity index (χ2v) is 14.1. The van der Waals surface area contributed by atoms with Crippen molar-refractivity contribution in [3.05, 3.63) is 33.9 Å². The average molecular weight is 637 g/mol. The van der Waals surface area contributed by atoms with Crippen LogP contribution in [0.3, 0.4) is 0 Å². The molecule has 0 radical (unpaired) electrons. The quantitative estimate of drug-likeness (QED) is 0.130. The van der Waals surface area contributed by atoms with Gasteiger partial charge in [-0.15, -0.1) is 0 Å². The van der Waals surface area contributed by atoms with Gasteiger partial charge in [0, 0.05) is 8.96 Å². The summed E-state index contributed by atoms with van der Waals surface area (Å²) in [6, 6.07) is 9.31. The Morgan fingerprint density at radius 2 is 1.11 bits per heavy atom. The van der Waals surface area contributed by atoms with Crippen molar-refractivity contribution in [2.24, 2.45) is 0 Å². The second-order valence-electron chi connectivity index (χ2n) is 9.21. The number of hydrogen-bond acceptors (Lipinski definition) is 4. The van der Waals surface area contributed by atoms with Crippen molar-refractivity contribution in [2.45, 2.75) is 90.9 Å². The number of unbranched alkanes of at least 4 members (excludes halogenated alkanes) is 10. The van der Waals surface area contributed by atoms with Gasteiger partial charge in [0.2, 0.25) is 20.0 Å². The molecule has 2 N–H and O–H groups in total. The highest BCUT2D eigenvalue weighted by Crippen LogP contribution is 2.37. The summed E-state index contributed by atoms with van der Waals surface area (Å²) in [5.41, 5.74) is 0.617. The summed E-state index contributed by atoms with van der Waals surface area (Å²) in [5, 5.41) is 1.53. The predicted molar refractivity (Wildman–Crippen MR) is 158 cm³/mol. The van der Waals surface area contributed by atoms with E-state index in [4.69, 9.17) is 0 Å². The van der Waals surface area contributed by atoms with Crippen LogP contribution in [0.4, 0.5) is 11.4 Å². The van der Waals surface area contributed by atoms with Crippen LogP contribution in [0.1, 0.15) is 90.9 Å². The lowest BCUT2D eigenvalue weighted by molar-refractivity contribution is 0.586. The van der Waals surface area contributed by atoms with Crippen LogP contribution in [-0.2, 0) is 20.0 Å². The fourth-order valence-electron chi connectivity index (χ4n) is 4.08. The summed E-state index contributed by atoms with van der Waals surface area (Å²) in [7, 11) is -7.25. The number of anilines is 2. The van der Waals surface area contributed by atoms with E-state index < -0.39 is 20.0 Å². The molecule has 0 aliphatic rings. The van der Waals surface area contributed by atoms with E-state index in [2.05, 4.69) is 45.9 Å². The molecule has 35 heavy (non-hydrogen) atoms. The molecule has 0 atom stereocenters. The van der Waals surface area contributed by atoms with E-state index in [1.54, 1.807) is 0 Å². The van der Waals surface area contributed by atoms with Crippen molar-refractivity contribution in [3.63, 3.8) is 0 Å². The van der Waals surface area contributed by atoms with Gasteiger partial charge in [0.15, 0.2) is 0 Å². The van der Waals surface area contributed by atoms with Gasteiger partial charge in [0.25, 0.3) is 0 Å². The van der Waals surface area contributed by atoms with E-state index in [-0.39, 0.29) is 11.5 Å². The van der Waals surface area contributed by atoms with Crippen LogP contribution in [0, 0.1) is 3.57 Å². The Bertz CT molecular complexity index is 1140. The standard InChI is InChI=1S/C26H41IN2O4S2/c1-3-5-7-9-11-15-19-34(30,31)28-25-23-18-14-13-17-22(23)21-24(27)26(25)29-35(32,33)20-16-12-10-8-6-4-2/h13-14,17-18,21,28-29H,3-12,15-16,19-20H2,1-2H3. The Morgan fingerprint density at radius 1 is 0.657 bits per heavy atom. The van der Waals surface area contributed by atoms with Crippen LogP contribution in [0.25, 0.3) is 10.8 Å². The predicted octanol–water partition coefficient (Wildman–Crippen LogP) is 7.65.